The molecule has 0 radical (unpaired) electrons. The van der Waals surface area contributed by atoms with Gasteiger partial charge in [0, 0.05) is 13.0 Å². The minimum absolute atomic E-state index is 0.00571. The Hall–Kier alpha value is -1.42. The lowest BCUT2D eigenvalue weighted by Gasteiger charge is -2.15. The Kier molecular flexibility index (Phi) is 5.10. The molecule has 1 aromatic carbocycles. The first-order valence-electron chi connectivity index (χ1n) is 5.74. The van der Waals surface area contributed by atoms with E-state index in [2.05, 4.69) is 10.6 Å². The summed E-state index contributed by atoms with van der Waals surface area (Å²) in [5.74, 6) is -0.226. The second-order valence-corrected chi connectivity index (χ2v) is 4.15. The van der Waals surface area contributed by atoms with Crippen LogP contribution in [0.15, 0.2) is 18.2 Å². The molecule has 1 unspecified atom stereocenters. The van der Waals surface area contributed by atoms with E-state index in [1.807, 2.05) is 6.92 Å². The summed E-state index contributed by atoms with van der Waals surface area (Å²) < 4.78 is 13.1. The first-order valence-corrected chi connectivity index (χ1v) is 5.74. The predicted octanol–water partition coefficient (Wildman–Crippen LogP) is 1.92. The molecule has 1 aromatic rings. The van der Waals surface area contributed by atoms with Gasteiger partial charge in [-0.05, 0) is 38.1 Å². The molecule has 1 atom stereocenters. The fourth-order valence-electron chi connectivity index (χ4n) is 1.57. The molecule has 1 amide bonds. The molecule has 0 aromatic heterocycles. The Morgan fingerprint density at radius 2 is 2.18 bits per heavy atom. The van der Waals surface area contributed by atoms with Crippen LogP contribution in [0, 0.1) is 12.7 Å². The van der Waals surface area contributed by atoms with Gasteiger partial charge in [0.25, 0.3) is 0 Å². The van der Waals surface area contributed by atoms with Gasteiger partial charge in [0.15, 0.2) is 0 Å². The van der Waals surface area contributed by atoms with E-state index >= 15 is 0 Å². The fourth-order valence-corrected chi connectivity index (χ4v) is 1.57. The van der Waals surface area contributed by atoms with E-state index in [0.717, 1.165) is 5.56 Å². The molecule has 0 aliphatic heterocycles. The Balaban J connectivity index is 2.60. The van der Waals surface area contributed by atoms with E-state index in [4.69, 9.17) is 0 Å². The number of carbonyl (C=O) groups is 1. The van der Waals surface area contributed by atoms with Crippen molar-refractivity contribution >= 4 is 5.91 Å². The summed E-state index contributed by atoms with van der Waals surface area (Å²) in [5, 5.41) is 5.79. The number of nitrogens with one attached hydrogen (secondary N) is 2. The van der Waals surface area contributed by atoms with E-state index in [1.54, 1.807) is 26.1 Å². The molecule has 0 saturated carbocycles. The first-order chi connectivity index (χ1) is 8.04. The maximum absolute atomic E-state index is 13.1. The van der Waals surface area contributed by atoms with Crippen LogP contribution in [0.5, 0.6) is 0 Å². The van der Waals surface area contributed by atoms with Gasteiger partial charge in [0.2, 0.25) is 5.91 Å². The molecule has 3 nitrogen and oxygen atoms in total. The highest BCUT2D eigenvalue weighted by Crippen LogP contribution is 2.16. The molecule has 17 heavy (non-hydrogen) atoms. The van der Waals surface area contributed by atoms with Crippen molar-refractivity contribution in [2.24, 2.45) is 0 Å². The van der Waals surface area contributed by atoms with Crippen LogP contribution in [0.1, 0.15) is 30.5 Å². The van der Waals surface area contributed by atoms with Crippen molar-refractivity contribution in [3.63, 3.8) is 0 Å². The summed E-state index contributed by atoms with van der Waals surface area (Å²) >= 11 is 0. The zero-order valence-electron chi connectivity index (χ0n) is 10.5. The summed E-state index contributed by atoms with van der Waals surface area (Å²) in [7, 11) is 1.81. The highest BCUT2D eigenvalue weighted by molar-refractivity contribution is 5.76. The zero-order chi connectivity index (χ0) is 12.8. The first kappa shape index (κ1) is 13.6. The lowest BCUT2D eigenvalue weighted by Crippen LogP contribution is -2.29. The van der Waals surface area contributed by atoms with Gasteiger partial charge in [-0.2, -0.15) is 0 Å². The number of hydrogen-bond acceptors (Lipinski definition) is 2. The lowest BCUT2D eigenvalue weighted by molar-refractivity contribution is -0.121. The summed E-state index contributed by atoms with van der Waals surface area (Å²) in [4.78, 5) is 11.5. The third-order valence-corrected chi connectivity index (χ3v) is 2.66. The fraction of sp³-hybridized carbons (Fsp3) is 0.462. The molecular weight excluding hydrogens is 219 g/mol. The molecule has 1 rings (SSSR count). The summed E-state index contributed by atoms with van der Waals surface area (Å²) in [6, 6.07) is 4.80. The average Bonchev–Trinajstić information content (AvgIpc) is 2.30. The van der Waals surface area contributed by atoms with Crippen molar-refractivity contribution in [1.82, 2.24) is 10.6 Å². The van der Waals surface area contributed by atoms with Gasteiger partial charge in [0.05, 0.1) is 6.04 Å². The molecule has 0 spiro atoms. The largest absolute Gasteiger partial charge is 0.350 e. The average molecular weight is 238 g/mol. The van der Waals surface area contributed by atoms with Crippen molar-refractivity contribution in [2.75, 3.05) is 13.6 Å². The highest BCUT2D eigenvalue weighted by atomic mass is 19.1. The Labute approximate surface area is 101 Å². The molecule has 2 N–H and O–H groups in total. The number of rotatable bonds is 5. The maximum atomic E-state index is 13.1. The summed E-state index contributed by atoms with van der Waals surface area (Å²) in [6.07, 6.45) is 0.445. The topological polar surface area (TPSA) is 41.1 Å². The number of benzene rings is 1. The van der Waals surface area contributed by atoms with Crippen LogP contribution >= 0.6 is 0 Å². The third kappa shape index (κ3) is 4.15. The molecule has 0 aliphatic carbocycles. The van der Waals surface area contributed by atoms with Gasteiger partial charge in [-0.3, -0.25) is 4.79 Å². The van der Waals surface area contributed by atoms with Crippen LogP contribution < -0.4 is 10.6 Å². The molecule has 4 heteroatoms. The van der Waals surface area contributed by atoms with Crippen LogP contribution in [0.3, 0.4) is 0 Å². The van der Waals surface area contributed by atoms with Gasteiger partial charge in [-0.25, -0.2) is 4.39 Å². The maximum Gasteiger partial charge on any atom is 0.221 e. The SMILES string of the molecule is CNCCC(=O)NC(C)c1ccc(F)c(C)c1. The lowest BCUT2D eigenvalue weighted by atomic mass is 10.1. The van der Waals surface area contributed by atoms with Crippen molar-refractivity contribution in [3.8, 4) is 0 Å². The molecule has 0 saturated heterocycles. The molecule has 94 valence electrons. The van der Waals surface area contributed by atoms with Gasteiger partial charge >= 0.3 is 0 Å². The second-order valence-electron chi connectivity index (χ2n) is 4.15. The summed E-state index contributed by atoms with van der Waals surface area (Å²) in [6.45, 7) is 4.26. The van der Waals surface area contributed by atoms with Crippen LogP contribution in [-0.4, -0.2) is 19.5 Å². The normalized spacial score (nSPS) is 12.2. The predicted molar refractivity (Wildman–Crippen MR) is 66.2 cm³/mol. The minimum Gasteiger partial charge on any atom is -0.350 e. The number of amides is 1. The highest BCUT2D eigenvalue weighted by Gasteiger charge is 2.10. The monoisotopic (exact) mass is 238 g/mol. The Morgan fingerprint density at radius 3 is 2.76 bits per heavy atom. The molecule has 0 aliphatic rings. The van der Waals surface area contributed by atoms with Gasteiger partial charge in [0.1, 0.15) is 5.82 Å². The van der Waals surface area contributed by atoms with Crippen LogP contribution in [-0.2, 0) is 4.79 Å². The second kappa shape index (κ2) is 6.35. The van der Waals surface area contributed by atoms with Crippen LogP contribution in [0.2, 0.25) is 0 Å². The Bertz CT molecular complexity index is 393. The smallest absolute Gasteiger partial charge is 0.221 e. The number of aryl methyl sites for hydroxylation is 1. The van der Waals surface area contributed by atoms with Crippen LogP contribution in [0.25, 0.3) is 0 Å². The number of carbonyl (C=O) groups excluding carboxylic acids is 1. The summed E-state index contributed by atoms with van der Waals surface area (Å²) in [5.41, 5.74) is 1.51. The molecule has 0 bridgehead atoms. The van der Waals surface area contributed by atoms with E-state index in [9.17, 15) is 9.18 Å². The standard InChI is InChI=1S/C13H19FN2O/c1-9-8-11(4-5-12(9)14)10(2)16-13(17)6-7-15-3/h4-5,8,10,15H,6-7H2,1-3H3,(H,16,17). The minimum atomic E-state index is -0.220. The molecule has 0 fully saturated rings. The van der Waals surface area contributed by atoms with Crippen molar-refractivity contribution in [3.05, 3.63) is 35.1 Å². The quantitative estimate of drug-likeness (QED) is 0.823. The van der Waals surface area contributed by atoms with Crippen molar-refractivity contribution < 1.29 is 9.18 Å². The van der Waals surface area contributed by atoms with E-state index in [1.165, 1.54) is 6.07 Å². The van der Waals surface area contributed by atoms with E-state index in [-0.39, 0.29) is 17.8 Å². The van der Waals surface area contributed by atoms with Gasteiger partial charge in [-0.15, -0.1) is 0 Å². The van der Waals surface area contributed by atoms with E-state index in [0.29, 0.717) is 18.5 Å². The number of hydrogen-bond donors (Lipinski definition) is 2. The van der Waals surface area contributed by atoms with Crippen LogP contribution in [0.4, 0.5) is 4.39 Å². The third-order valence-electron chi connectivity index (χ3n) is 2.66. The van der Waals surface area contributed by atoms with Crippen molar-refractivity contribution in [1.29, 1.82) is 0 Å². The van der Waals surface area contributed by atoms with Gasteiger partial charge in [-0.1, -0.05) is 12.1 Å². The number of halogens is 1. The Morgan fingerprint density at radius 1 is 1.47 bits per heavy atom. The van der Waals surface area contributed by atoms with Crippen molar-refractivity contribution in [2.45, 2.75) is 26.3 Å². The zero-order valence-corrected chi connectivity index (χ0v) is 10.5. The van der Waals surface area contributed by atoms with E-state index < -0.39 is 0 Å². The van der Waals surface area contributed by atoms with Gasteiger partial charge < -0.3 is 10.6 Å². The molecular formula is C13H19FN2O. The molecule has 0 heterocycles.